The molecule has 33 heavy (non-hydrogen) atoms. The molecular formula is C28H22ClNO3. The lowest BCUT2D eigenvalue weighted by Gasteiger charge is -2.14. The molecule has 0 radical (unpaired) electrons. The first kappa shape index (κ1) is 22.3. The van der Waals surface area contributed by atoms with E-state index >= 15 is 0 Å². The van der Waals surface area contributed by atoms with Crippen LogP contribution in [0.2, 0.25) is 5.02 Å². The first-order valence-electron chi connectivity index (χ1n) is 10.4. The third-order valence-electron chi connectivity index (χ3n) is 5.34. The van der Waals surface area contributed by atoms with E-state index in [0.29, 0.717) is 28.7 Å². The van der Waals surface area contributed by atoms with E-state index < -0.39 is 0 Å². The van der Waals surface area contributed by atoms with Crippen molar-refractivity contribution in [2.45, 2.75) is 6.61 Å². The summed E-state index contributed by atoms with van der Waals surface area (Å²) in [5.41, 5.74) is 3.08. The number of methoxy groups -OCH3 is 2. The Morgan fingerprint density at radius 3 is 2.42 bits per heavy atom. The molecule has 0 aliphatic heterocycles. The first-order chi connectivity index (χ1) is 16.1. The summed E-state index contributed by atoms with van der Waals surface area (Å²) < 4.78 is 16.8. The number of rotatable bonds is 7. The van der Waals surface area contributed by atoms with Crippen molar-refractivity contribution in [1.82, 2.24) is 0 Å². The van der Waals surface area contributed by atoms with Gasteiger partial charge in [0.2, 0.25) is 0 Å². The molecule has 0 aliphatic rings. The lowest BCUT2D eigenvalue weighted by molar-refractivity contribution is 0.286. The number of fused-ring (bicyclic) bond motifs is 1. The second-order valence-corrected chi connectivity index (χ2v) is 7.77. The summed E-state index contributed by atoms with van der Waals surface area (Å²) in [6.45, 7) is 0.349. The molecule has 4 aromatic rings. The van der Waals surface area contributed by atoms with Gasteiger partial charge in [-0.15, -0.1) is 0 Å². The van der Waals surface area contributed by atoms with Gasteiger partial charge in [-0.3, -0.25) is 0 Å². The molecule has 164 valence electrons. The standard InChI is InChI=1S/C28H22ClNO3/c1-31-24-12-10-20(11-13-24)23(17-30)14-19-15-26(29)28(27(16-19)32-2)33-18-22-8-5-7-21-6-3-4-9-25(21)22/h3-16H,18H2,1-2H3/b23-14+. The number of nitrogens with zero attached hydrogens (tertiary/aromatic N) is 1. The highest BCUT2D eigenvalue weighted by molar-refractivity contribution is 6.32. The van der Waals surface area contributed by atoms with Crippen molar-refractivity contribution in [2.24, 2.45) is 0 Å². The van der Waals surface area contributed by atoms with Gasteiger partial charge in [-0.05, 0) is 69.9 Å². The predicted molar refractivity (Wildman–Crippen MR) is 133 cm³/mol. The van der Waals surface area contributed by atoms with Gasteiger partial charge in [0.25, 0.3) is 0 Å². The van der Waals surface area contributed by atoms with E-state index in [4.69, 9.17) is 25.8 Å². The molecule has 0 unspecified atom stereocenters. The summed E-state index contributed by atoms with van der Waals surface area (Å²) in [6, 6.07) is 27.4. The van der Waals surface area contributed by atoms with Crippen LogP contribution in [0.1, 0.15) is 16.7 Å². The monoisotopic (exact) mass is 455 g/mol. The zero-order chi connectivity index (χ0) is 23.2. The Hall–Kier alpha value is -3.94. The van der Waals surface area contributed by atoms with Gasteiger partial charge >= 0.3 is 0 Å². The maximum Gasteiger partial charge on any atom is 0.180 e. The number of hydrogen-bond acceptors (Lipinski definition) is 4. The SMILES string of the molecule is COc1ccc(/C(C#N)=C/c2cc(Cl)c(OCc3cccc4ccccc34)c(OC)c2)cc1. The molecule has 0 fully saturated rings. The second-order valence-electron chi connectivity index (χ2n) is 7.36. The van der Waals surface area contributed by atoms with Crippen LogP contribution in [0.5, 0.6) is 17.2 Å². The van der Waals surface area contributed by atoms with E-state index in [1.165, 1.54) is 0 Å². The van der Waals surface area contributed by atoms with Crippen molar-refractivity contribution in [3.8, 4) is 23.3 Å². The van der Waals surface area contributed by atoms with Gasteiger partial charge in [-0.2, -0.15) is 5.26 Å². The largest absolute Gasteiger partial charge is 0.497 e. The lowest BCUT2D eigenvalue weighted by Crippen LogP contribution is -1.99. The Morgan fingerprint density at radius 1 is 0.939 bits per heavy atom. The van der Waals surface area contributed by atoms with Crippen molar-refractivity contribution in [2.75, 3.05) is 14.2 Å². The molecule has 0 aromatic heterocycles. The van der Waals surface area contributed by atoms with Gasteiger partial charge < -0.3 is 14.2 Å². The van der Waals surface area contributed by atoms with Gasteiger partial charge in [0.05, 0.1) is 30.9 Å². The van der Waals surface area contributed by atoms with Crippen LogP contribution in [-0.2, 0) is 6.61 Å². The Labute approximate surface area is 198 Å². The minimum Gasteiger partial charge on any atom is -0.497 e. The fourth-order valence-corrected chi connectivity index (χ4v) is 3.92. The molecular weight excluding hydrogens is 434 g/mol. The first-order valence-corrected chi connectivity index (χ1v) is 10.7. The van der Waals surface area contributed by atoms with Crippen molar-refractivity contribution in [3.63, 3.8) is 0 Å². The van der Waals surface area contributed by atoms with Crippen LogP contribution in [-0.4, -0.2) is 14.2 Å². The van der Waals surface area contributed by atoms with Crippen molar-refractivity contribution in [3.05, 3.63) is 101 Å². The number of hydrogen-bond donors (Lipinski definition) is 0. The van der Waals surface area contributed by atoms with Crippen molar-refractivity contribution in [1.29, 1.82) is 5.26 Å². The maximum absolute atomic E-state index is 9.68. The molecule has 4 aromatic carbocycles. The predicted octanol–water partition coefficient (Wildman–Crippen LogP) is 7.15. The molecule has 0 saturated heterocycles. The maximum atomic E-state index is 9.68. The minimum atomic E-state index is 0.349. The number of allylic oxidation sites excluding steroid dienone is 1. The van der Waals surface area contributed by atoms with Crippen molar-refractivity contribution < 1.29 is 14.2 Å². The minimum absolute atomic E-state index is 0.349. The quantitative estimate of drug-likeness (QED) is 0.219. The van der Waals surface area contributed by atoms with Crippen LogP contribution in [0.3, 0.4) is 0 Å². The lowest BCUT2D eigenvalue weighted by atomic mass is 10.0. The topological polar surface area (TPSA) is 51.5 Å². The fraction of sp³-hybridized carbons (Fsp3) is 0.107. The average Bonchev–Trinajstić information content (AvgIpc) is 2.86. The van der Waals surface area contributed by atoms with Crippen LogP contribution in [0, 0.1) is 11.3 Å². The van der Waals surface area contributed by atoms with Crippen LogP contribution in [0.15, 0.2) is 78.9 Å². The molecule has 0 N–H and O–H groups in total. The molecule has 0 saturated carbocycles. The van der Waals surface area contributed by atoms with E-state index in [1.807, 2.05) is 54.6 Å². The number of nitriles is 1. The van der Waals surface area contributed by atoms with Gasteiger partial charge in [0.15, 0.2) is 11.5 Å². The average molecular weight is 456 g/mol. The zero-order valence-electron chi connectivity index (χ0n) is 18.3. The number of halogens is 1. The Morgan fingerprint density at radius 2 is 1.70 bits per heavy atom. The van der Waals surface area contributed by atoms with Crippen LogP contribution >= 0.6 is 11.6 Å². The van der Waals surface area contributed by atoms with Crippen LogP contribution in [0.4, 0.5) is 0 Å². The fourth-order valence-electron chi connectivity index (χ4n) is 3.65. The van der Waals surface area contributed by atoms with E-state index in [1.54, 1.807) is 26.4 Å². The van der Waals surface area contributed by atoms with Gasteiger partial charge in [0, 0.05) is 0 Å². The molecule has 0 heterocycles. The van der Waals surface area contributed by atoms with Gasteiger partial charge in [-0.1, -0.05) is 54.1 Å². The summed E-state index contributed by atoms with van der Waals surface area (Å²) in [5.74, 6) is 1.70. The number of ether oxygens (including phenoxy) is 3. The second kappa shape index (κ2) is 10.1. The number of benzene rings is 4. The Balaban J connectivity index is 1.62. The molecule has 0 aliphatic carbocycles. The van der Waals surface area contributed by atoms with E-state index in [0.717, 1.165) is 33.2 Å². The molecule has 4 nitrogen and oxygen atoms in total. The van der Waals surface area contributed by atoms with Crippen molar-refractivity contribution >= 4 is 34.0 Å². The van der Waals surface area contributed by atoms with E-state index in [-0.39, 0.29) is 0 Å². The zero-order valence-corrected chi connectivity index (χ0v) is 19.1. The Kier molecular flexibility index (Phi) is 6.83. The molecule has 5 heteroatoms. The molecule has 0 amide bonds. The molecule has 0 spiro atoms. The third-order valence-corrected chi connectivity index (χ3v) is 5.62. The van der Waals surface area contributed by atoms with E-state index in [2.05, 4.69) is 24.3 Å². The van der Waals surface area contributed by atoms with Crippen LogP contribution in [0.25, 0.3) is 22.4 Å². The van der Waals surface area contributed by atoms with E-state index in [9.17, 15) is 5.26 Å². The molecule has 0 bridgehead atoms. The Bertz CT molecular complexity index is 1350. The highest BCUT2D eigenvalue weighted by Crippen LogP contribution is 2.38. The highest BCUT2D eigenvalue weighted by Gasteiger charge is 2.13. The smallest absolute Gasteiger partial charge is 0.180 e. The summed E-state index contributed by atoms with van der Waals surface area (Å²) in [7, 11) is 3.17. The molecule has 0 atom stereocenters. The van der Waals surface area contributed by atoms with Gasteiger partial charge in [0.1, 0.15) is 12.4 Å². The summed E-state index contributed by atoms with van der Waals surface area (Å²) in [5, 5.41) is 12.4. The summed E-state index contributed by atoms with van der Waals surface area (Å²) >= 11 is 6.58. The summed E-state index contributed by atoms with van der Waals surface area (Å²) in [4.78, 5) is 0. The molecule has 4 rings (SSSR count). The van der Waals surface area contributed by atoms with Gasteiger partial charge in [-0.25, -0.2) is 0 Å². The summed E-state index contributed by atoms with van der Waals surface area (Å²) in [6.07, 6.45) is 1.77. The normalized spacial score (nSPS) is 11.2. The van der Waals surface area contributed by atoms with Crippen LogP contribution < -0.4 is 14.2 Å². The third kappa shape index (κ3) is 4.95. The highest BCUT2D eigenvalue weighted by atomic mass is 35.5.